The van der Waals surface area contributed by atoms with Crippen molar-refractivity contribution in [2.24, 2.45) is 10.2 Å². The number of azo groups is 1. The van der Waals surface area contributed by atoms with Gasteiger partial charge in [0.25, 0.3) is 0 Å². The molecular formula is C17H14N6O2S. The number of anilines is 2. The number of aromatic amines is 1. The van der Waals surface area contributed by atoms with Crippen molar-refractivity contribution in [2.75, 3.05) is 10.7 Å². The van der Waals surface area contributed by atoms with Gasteiger partial charge in [0.15, 0.2) is 0 Å². The van der Waals surface area contributed by atoms with Crippen LogP contribution in [0.2, 0.25) is 0 Å². The first-order chi connectivity index (χ1) is 12.6. The molecule has 0 fully saturated rings. The summed E-state index contributed by atoms with van der Waals surface area (Å²) in [5.41, 5.74) is 8.02. The van der Waals surface area contributed by atoms with E-state index in [9.17, 15) is 9.90 Å². The van der Waals surface area contributed by atoms with Gasteiger partial charge in [0, 0.05) is 16.6 Å². The number of rotatable bonds is 3. The third kappa shape index (κ3) is 2.84. The standard InChI is InChI=1S/C17H14N6O2S/c24-14-10-6-2-4-8-12(10)18-15(14)21-23-17(26)22-20-13-9-5-1-3-7-11(9)19-16(13)25/h1-8,15,18-20,25H,(H,22,26)/b23-21+. The first-order valence-electron chi connectivity index (χ1n) is 7.80. The summed E-state index contributed by atoms with van der Waals surface area (Å²) in [6.45, 7) is 0. The lowest BCUT2D eigenvalue weighted by Gasteiger charge is -2.07. The average molecular weight is 366 g/mol. The van der Waals surface area contributed by atoms with E-state index in [-0.39, 0.29) is 16.8 Å². The number of nitrogens with zero attached hydrogens (tertiary/aromatic N) is 2. The summed E-state index contributed by atoms with van der Waals surface area (Å²) in [6.07, 6.45) is -0.798. The number of ketones is 1. The highest BCUT2D eigenvalue weighted by Crippen LogP contribution is 2.31. The third-order valence-corrected chi connectivity index (χ3v) is 4.16. The Morgan fingerprint density at radius 1 is 1.15 bits per heavy atom. The molecule has 1 aliphatic rings. The highest BCUT2D eigenvalue weighted by molar-refractivity contribution is 7.80. The second-order valence-electron chi connectivity index (χ2n) is 5.62. The van der Waals surface area contributed by atoms with Gasteiger partial charge in [0.2, 0.25) is 22.9 Å². The molecule has 0 saturated carbocycles. The van der Waals surface area contributed by atoms with Crippen molar-refractivity contribution in [3.8, 4) is 5.88 Å². The van der Waals surface area contributed by atoms with Gasteiger partial charge < -0.3 is 15.4 Å². The van der Waals surface area contributed by atoms with Gasteiger partial charge in [-0.1, -0.05) is 30.3 Å². The van der Waals surface area contributed by atoms with E-state index in [4.69, 9.17) is 12.2 Å². The largest absolute Gasteiger partial charge is 0.493 e. The summed E-state index contributed by atoms with van der Waals surface area (Å²) in [5, 5.41) is 21.6. The minimum atomic E-state index is -0.798. The molecule has 5 N–H and O–H groups in total. The monoisotopic (exact) mass is 366 g/mol. The first kappa shape index (κ1) is 16.0. The minimum Gasteiger partial charge on any atom is -0.493 e. The fourth-order valence-electron chi connectivity index (χ4n) is 2.77. The van der Waals surface area contributed by atoms with E-state index < -0.39 is 6.17 Å². The maximum atomic E-state index is 12.2. The zero-order chi connectivity index (χ0) is 18.1. The smallest absolute Gasteiger partial charge is 0.232 e. The molecule has 2 aromatic carbocycles. The van der Waals surface area contributed by atoms with Gasteiger partial charge in [-0.15, -0.1) is 5.11 Å². The topological polar surface area (TPSA) is 114 Å². The van der Waals surface area contributed by atoms with Crippen molar-refractivity contribution in [1.29, 1.82) is 0 Å². The number of fused-ring (bicyclic) bond motifs is 2. The van der Waals surface area contributed by atoms with E-state index in [1.807, 2.05) is 30.3 Å². The van der Waals surface area contributed by atoms with Gasteiger partial charge >= 0.3 is 0 Å². The van der Waals surface area contributed by atoms with Crippen LogP contribution in [-0.4, -0.2) is 27.2 Å². The number of nitrogens with one attached hydrogen (secondary N) is 4. The number of aromatic nitrogens is 1. The number of H-pyrrole nitrogens is 1. The Morgan fingerprint density at radius 3 is 2.77 bits per heavy atom. The normalized spacial score (nSPS) is 15.8. The molecule has 0 amide bonds. The first-order valence-corrected chi connectivity index (χ1v) is 8.20. The predicted molar refractivity (Wildman–Crippen MR) is 102 cm³/mol. The maximum absolute atomic E-state index is 12.2. The van der Waals surface area contributed by atoms with Crippen molar-refractivity contribution in [3.05, 3.63) is 54.1 Å². The molecule has 0 saturated heterocycles. The maximum Gasteiger partial charge on any atom is 0.232 e. The quantitative estimate of drug-likeness (QED) is 0.276. The molecule has 1 aromatic heterocycles. The lowest BCUT2D eigenvalue weighted by molar-refractivity contribution is 0.0980. The Hall–Kier alpha value is -3.46. The van der Waals surface area contributed by atoms with Crippen LogP contribution in [-0.2, 0) is 0 Å². The van der Waals surface area contributed by atoms with Crippen LogP contribution in [0.1, 0.15) is 10.4 Å². The highest BCUT2D eigenvalue weighted by atomic mass is 32.1. The van der Waals surface area contributed by atoms with Crippen LogP contribution in [0.4, 0.5) is 11.4 Å². The van der Waals surface area contributed by atoms with Gasteiger partial charge in [0.1, 0.15) is 5.69 Å². The van der Waals surface area contributed by atoms with Crippen LogP contribution in [0.25, 0.3) is 10.9 Å². The number of carbonyl (C=O) groups is 1. The second kappa shape index (κ2) is 6.45. The molecule has 2 heterocycles. The molecule has 130 valence electrons. The van der Waals surface area contributed by atoms with E-state index in [1.54, 1.807) is 18.2 Å². The summed E-state index contributed by atoms with van der Waals surface area (Å²) < 4.78 is 0. The van der Waals surface area contributed by atoms with E-state index >= 15 is 0 Å². The molecule has 26 heavy (non-hydrogen) atoms. The number of para-hydroxylation sites is 2. The van der Waals surface area contributed by atoms with Gasteiger partial charge in [-0.05, 0) is 30.4 Å². The SMILES string of the molecule is O=C1c2ccccc2NC1/N=N/C(=S)NNc1c(O)[nH]c2ccccc12. The van der Waals surface area contributed by atoms with Crippen LogP contribution in [0.3, 0.4) is 0 Å². The second-order valence-corrected chi connectivity index (χ2v) is 6.01. The van der Waals surface area contributed by atoms with E-state index in [2.05, 4.69) is 31.4 Å². The molecule has 0 radical (unpaired) electrons. The Balaban J connectivity index is 1.41. The van der Waals surface area contributed by atoms with Gasteiger partial charge in [0.05, 0.1) is 5.52 Å². The lowest BCUT2D eigenvalue weighted by atomic mass is 10.1. The number of hydrogen-bond acceptors (Lipinski definition) is 6. The zero-order valence-electron chi connectivity index (χ0n) is 13.4. The molecule has 1 aliphatic heterocycles. The number of Topliss-reactive ketones (excluding diaryl/α,β-unsaturated/α-hetero) is 1. The van der Waals surface area contributed by atoms with E-state index in [0.717, 1.165) is 16.6 Å². The lowest BCUT2D eigenvalue weighted by Crippen LogP contribution is -2.27. The van der Waals surface area contributed by atoms with E-state index in [1.165, 1.54) is 0 Å². The molecule has 0 aliphatic carbocycles. The molecule has 0 bridgehead atoms. The number of benzene rings is 2. The van der Waals surface area contributed by atoms with Crippen LogP contribution in [0.15, 0.2) is 58.8 Å². The van der Waals surface area contributed by atoms with Crippen LogP contribution in [0, 0.1) is 0 Å². The molecule has 4 rings (SSSR count). The Labute approximate surface area is 153 Å². The predicted octanol–water partition coefficient (Wildman–Crippen LogP) is 3.16. The highest BCUT2D eigenvalue weighted by Gasteiger charge is 2.29. The summed E-state index contributed by atoms with van der Waals surface area (Å²) in [6, 6.07) is 14.6. The average Bonchev–Trinajstić information content (AvgIpc) is 3.15. The third-order valence-electron chi connectivity index (χ3n) is 3.98. The molecule has 1 atom stereocenters. The zero-order valence-corrected chi connectivity index (χ0v) is 14.2. The fourth-order valence-corrected chi connectivity index (χ4v) is 2.87. The van der Waals surface area contributed by atoms with Gasteiger partial charge in [-0.3, -0.25) is 15.6 Å². The van der Waals surface area contributed by atoms with Crippen molar-refractivity contribution in [2.45, 2.75) is 6.17 Å². The number of carbonyl (C=O) groups excluding carboxylic acids is 1. The van der Waals surface area contributed by atoms with Crippen LogP contribution >= 0.6 is 12.2 Å². The summed E-state index contributed by atoms with van der Waals surface area (Å²) in [5.74, 6) is -0.184. The molecule has 9 heteroatoms. The van der Waals surface area contributed by atoms with E-state index in [0.29, 0.717) is 11.3 Å². The summed E-state index contributed by atoms with van der Waals surface area (Å²) >= 11 is 5.09. The molecule has 3 aromatic rings. The summed E-state index contributed by atoms with van der Waals surface area (Å²) in [7, 11) is 0. The molecular weight excluding hydrogens is 352 g/mol. The number of hydrazine groups is 1. The van der Waals surface area contributed by atoms with Crippen LogP contribution < -0.4 is 16.2 Å². The number of aromatic hydroxyl groups is 1. The number of hydrogen-bond donors (Lipinski definition) is 5. The van der Waals surface area contributed by atoms with Crippen molar-refractivity contribution in [1.82, 2.24) is 10.4 Å². The van der Waals surface area contributed by atoms with Gasteiger partial charge in [-0.2, -0.15) is 5.11 Å². The minimum absolute atomic E-state index is 0.0264. The van der Waals surface area contributed by atoms with Crippen LogP contribution in [0.5, 0.6) is 5.88 Å². The Morgan fingerprint density at radius 2 is 1.92 bits per heavy atom. The molecule has 8 nitrogen and oxygen atoms in total. The van der Waals surface area contributed by atoms with Crippen molar-refractivity contribution >= 4 is 45.4 Å². The molecule has 1 unspecified atom stereocenters. The fraction of sp³-hybridized carbons (Fsp3) is 0.0588. The number of thiocarbonyl (C=S) groups is 1. The summed E-state index contributed by atoms with van der Waals surface area (Å²) in [4.78, 5) is 15.1. The van der Waals surface area contributed by atoms with Gasteiger partial charge in [-0.25, -0.2) is 0 Å². The Bertz CT molecular complexity index is 1040. The van der Waals surface area contributed by atoms with Crippen molar-refractivity contribution in [3.63, 3.8) is 0 Å². The Kier molecular flexibility index (Phi) is 3.98. The molecule has 0 spiro atoms. The van der Waals surface area contributed by atoms with Crippen molar-refractivity contribution < 1.29 is 9.90 Å².